The molecule has 2 heterocycles. The van der Waals surface area contributed by atoms with Crippen LogP contribution in [0.3, 0.4) is 0 Å². The molecule has 3 N–H and O–H groups in total. The van der Waals surface area contributed by atoms with Gasteiger partial charge in [0.15, 0.2) is 0 Å². The first-order valence-corrected chi connectivity index (χ1v) is 10.2. The quantitative estimate of drug-likeness (QED) is 0.266. The number of phenolic OH excluding ortho intramolecular Hbond substituents is 1. The summed E-state index contributed by atoms with van der Waals surface area (Å²) in [4.78, 5) is 25.6. The molecule has 3 aromatic rings. The minimum absolute atomic E-state index is 0.143. The Morgan fingerprint density at radius 2 is 1.85 bits per heavy atom. The molecule has 0 amide bonds. The van der Waals surface area contributed by atoms with E-state index in [1.54, 1.807) is 24.3 Å². The third kappa shape index (κ3) is 5.81. The van der Waals surface area contributed by atoms with Crippen LogP contribution in [-0.2, 0) is 4.74 Å². The van der Waals surface area contributed by atoms with Crippen LogP contribution in [0.15, 0.2) is 47.6 Å². The van der Waals surface area contributed by atoms with E-state index in [4.69, 9.17) is 16.3 Å². The van der Waals surface area contributed by atoms with Gasteiger partial charge < -0.3 is 20.1 Å². The highest BCUT2D eigenvalue weighted by Gasteiger charge is 2.17. The number of hydrazone groups is 1. The molecule has 12 nitrogen and oxygen atoms in total. The lowest BCUT2D eigenvalue weighted by molar-refractivity contribution is -0.384. The van der Waals surface area contributed by atoms with Crippen LogP contribution in [0, 0.1) is 10.1 Å². The number of nitro groups is 1. The summed E-state index contributed by atoms with van der Waals surface area (Å²) < 4.78 is 5.39. The average molecular weight is 471 g/mol. The van der Waals surface area contributed by atoms with E-state index >= 15 is 0 Å². The standard InChI is InChI=1S/C20H19ClN8O4/c21-14-1-3-15(4-2-14)23-18-24-19(26-20(25-18)28-7-9-33-10-8-28)27-22-12-13-11-16(29(31)32)5-6-17(13)30/h1-6,11-12,30H,7-10H2,(H2,23,24,25,26,27)/b22-12-. The second-order valence-corrected chi connectivity index (χ2v) is 7.32. The summed E-state index contributed by atoms with van der Waals surface area (Å²) in [6.07, 6.45) is 1.24. The highest BCUT2D eigenvalue weighted by atomic mass is 35.5. The van der Waals surface area contributed by atoms with Gasteiger partial charge in [-0.15, -0.1) is 0 Å². The van der Waals surface area contributed by atoms with Gasteiger partial charge in [0.1, 0.15) is 5.75 Å². The van der Waals surface area contributed by atoms with Crippen molar-refractivity contribution >= 4 is 47.0 Å². The predicted molar refractivity (Wildman–Crippen MR) is 124 cm³/mol. The zero-order valence-corrected chi connectivity index (χ0v) is 17.9. The van der Waals surface area contributed by atoms with Crippen LogP contribution < -0.4 is 15.6 Å². The van der Waals surface area contributed by atoms with Crippen molar-refractivity contribution in [1.29, 1.82) is 0 Å². The van der Waals surface area contributed by atoms with E-state index in [2.05, 4.69) is 30.8 Å². The molecule has 1 saturated heterocycles. The van der Waals surface area contributed by atoms with Gasteiger partial charge in [-0.05, 0) is 30.3 Å². The van der Waals surface area contributed by atoms with Gasteiger partial charge in [0.05, 0.1) is 24.4 Å². The summed E-state index contributed by atoms with van der Waals surface area (Å²) in [6.45, 7) is 2.35. The minimum Gasteiger partial charge on any atom is -0.507 e. The molecule has 2 aromatic carbocycles. The molecule has 1 aliphatic rings. The maximum Gasteiger partial charge on any atom is 0.270 e. The normalized spacial score (nSPS) is 13.8. The Bertz CT molecular complexity index is 1170. The lowest BCUT2D eigenvalue weighted by atomic mass is 10.2. The van der Waals surface area contributed by atoms with Crippen molar-refractivity contribution in [3.05, 3.63) is 63.2 Å². The van der Waals surface area contributed by atoms with Gasteiger partial charge >= 0.3 is 0 Å². The number of aromatic hydroxyl groups is 1. The van der Waals surface area contributed by atoms with E-state index in [0.717, 1.165) is 5.69 Å². The monoisotopic (exact) mass is 470 g/mol. The zero-order chi connectivity index (χ0) is 23.2. The molecular weight excluding hydrogens is 452 g/mol. The molecule has 0 atom stereocenters. The fourth-order valence-electron chi connectivity index (χ4n) is 2.96. The number of hydrogen-bond donors (Lipinski definition) is 3. The number of nitrogens with one attached hydrogen (secondary N) is 2. The largest absolute Gasteiger partial charge is 0.507 e. The van der Waals surface area contributed by atoms with E-state index < -0.39 is 4.92 Å². The Morgan fingerprint density at radius 3 is 2.58 bits per heavy atom. The van der Waals surface area contributed by atoms with Gasteiger partial charge in [0.25, 0.3) is 5.69 Å². The Morgan fingerprint density at radius 1 is 1.12 bits per heavy atom. The number of anilines is 4. The molecule has 4 rings (SSSR count). The van der Waals surface area contributed by atoms with Gasteiger partial charge in [-0.1, -0.05) is 11.6 Å². The molecule has 1 aromatic heterocycles. The number of non-ortho nitro benzene ring substituents is 1. The van der Waals surface area contributed by atoms with E-state index in [9.17, 15) is 15.2 Å². The number of rotatable bonds is 7. The van der Waals surface area contributed by atoms with Gasteiger partial charge in [0, 0.05) is 41.5 Å². The van der Waals surface area contributed by atoms with Crippen LogP contribution >= 0.6 is 11.6 Å². The SMILES string of the molecule is O=[N+]([O-])c1ccc(O)c(/C=N\Nc2nc(Nc3ccc(Cl)cc3)nc(N3CCOCC3)n2)c1. The van der Waals surface area contributed by atoms with Crippen LogP contribution in [0.1, 0.15) is 5.56 Å². The smallest absolute Gasteiger partial charge is 0.270 e. The Hall–Kier alpha value is -4.03. The topological polar surface area (TPSA) is 151 Å². The van der Waals surface area contributed by atoms with Crippen LogP contribution in [0.4, 0.5) is 29.2 Å². The first-order chi connectivity index (χ1) is 16.0. The highest BCUT2D eigenvalue weighted by molar-refractivity contribution is 6.30. The van der Waals surface area contributed by atoms with Crippen molar-refractivity contribution in [1.82, 2.24) is 15.0 Å². The maximum atomic E-state index is 11.0. The lowest BCUT2D eigenvalue weighted by Crippen LogP contribution is -2.37. The third-order valence-electron chi connectivity index (χ3n) is 4.61. The molecule has 0 radical (unpaired) electrons. The Kier molecular flexibility index (Phi) is 6.76. The maximum absolute atomic E-state index is 11.0. The van der Waals surface area contributed by atoms with Crippen molar-refractivity contribution in [2.75, 3.05) is 41.9 Å². The number of nitro benzene ring substituents is 1. The van der Waals surface area contributed by atoms with Crippen molar-refractivity contribution in [3.63, 3.8) is 0 Å². The summed E-state index contributed by atoms with van der Waals surface area (Å²) in [5.74, 6) is 0.704. The summed E-state index contributed by atoms with van der Waals surface area (Å²) in [7, 11) is 0. The second kappa shape index (κ2) is 10.1. The summed E-state index contributed by atoms with van der Waals surface area (Å²) in [5.41, 5.74) is 3.42. The molecule has 33 heavy (non-hydrogen) atoms. The van der Waals surface area contributed by atoms with E-state index in [-0.39, 0.29) is 28.9 Å². The Balaban J connectivity index is 1.58. The molecule has 0 aliphatic carbocycles. The zero-order valence-electron chi connectivity index (χ0n) is 17.2. The van der Waals surface area contributed by atoms with Gasteiger partial charge in [-0.2, -0.15) is 20.1 Å². The highest BCUT2D eigenvalue weighted by Crippen LogP contribution is 2.22. The van der Waals surface area contributed by atoms with E-state index in [1.165, 1.54) is 24.4 Å². The summed E-state index contributed by atoms with van der Waals surface area (Å²) in [5, 5.41) is 28.6. The molecule has 13 heteroatoms. The average Bonchev–Trinajstić information content (AvgIpc) is 2.82. The molecule has 0 spiro atoms. The van der Waals surface area contributed by atoms with Crippen molar-refractivity contribution in [2.24, 2.45) is 5.10 Å². The number of benzene rings is 2. The molecular formula is C20H19ClN8O4. The first-order valence-electron chi connectivity index (χ1n) is 9.86. The van der Waals surface area contributed by atoms with Gasteiger partial charge in [0.2, 0.25) is 17.8 Å². The van der Waals surface area contributed by atoms with Crippen LogP contribution in [0.25, 0.3) is 0 Å². The second-order valence-electron chi connectivity index (χ2n) is 6.88. The van der Waals surface area contributed by atoms with E-state index in [0.29, 0.717) is 37.3 Å². The van der Waals surface area contributed by atoms with E-state index in [1.807, 2.05) is 4.90 Å². The Labute approximate surface area is 193 Å². The van der Waals surface area contributed by atoms with Crippen molar-refractivity contribution in [2.45, 2.75) is 0 Å². The molecule has 0 bridgehead atoms. The van der Waals surface area contributed by atoms with Gasteiger partial charge in [-0.25, -0.2) is 5.43 Å². The number of morpholine rings is 1. The van der Waals surface area contributed by atoms with Gasteiger partial charge in [-0.3, -0.25) is 10.1 Å². The number of halogens is 1. The van der Waals surface area contributed by atoms with Crippen LogP contribution in [0.2, 0.25) is 5.02 Å². The number of hydrogen-bond acceptors (Lipinski definition) is 11. The number of nitrogens with zero attached hydrogens (tertiary/aromatic N) is 6. The van der Waals surface area contributed by atoms with Crippen molar-refractivity contribution < 1.29 is 14.8 Å². The summed E-state index contributed by atoms with van der Waals surface area (Å²) in [6, 6.07) is 10.7. The fraction of sp³-hybridized carbons (Fsp3) is 0.200. The number of ether oxygens (including phenoxy) is 1. The molecule has 170 valence electrons. The number of phenols is 1. The predicted octanol–water partition coefficient (Wildman–Crippen LogP) is 3.17. The fourth-order valence-corrected chi connectivity index (χ4v) is 3.08. The lowest BCUT2D eigenvalue weighted by Gasteiger charge is -2.27. The van der Waals surface area contributed by atoms with Crippen LogP contribution in [0.5, 0.6) is 5.75 Å². The molecule has 0 unspecified atom stereocenters. The molecule has 0 saturated carbocycles. The minimum atomic E-state index is -0.556. The third-order valence-corrected chi connectivity index (χ3v) is 4.86. The number of aromatic nitrogens is 3. The van der Waals surface area contributed by atoms with Crippen LogP contribution in [-0.4, -0.2) is 57.5 Å². The first kappa shape index (κ1) is 22.2. The molecule has 1 aliphatic heterocycles. The molecule has 1 fully saturated rings. The van der Waals surface area contributed by atoms with Crippen molar-refractivity contribution in [3.8, 4) is 5.75 Å². The summed E-state index contributed by atoms with van der Waals surface area (Å²) >= 11 is 5.94.